The molecule has 0 amide bonds. The van der Waals surface area contributed by atoms with Gasteiger partial charge in [-0.3, -0.25) is 4.72 Å². The Balaban J connectivity index is 1.77. The van der Waals surface area contributed by atoms with Gasteiger partial charge in [0.15, 0.2) is 0 Å². The normalized spacial score (nSPS) is 15.7. The van der Waals surface area contributed by atoms with Gasteiger partial charge >= 0.3 is 0 Å². The number of nitrogens with one attached hydrogen (secondary N) is 2. The molecule has 1 saturated carbocycles. The van der Waals surface area contributed by atoms with Gasteiger partial charge in [-0.25, -0.2) is 25.9 Å². The highest BCUT2D eigenvalue weighted by Crippen LogP contribution is 2.27. The van der Waals surface area contributed by atoms with Crippen LogP contribution in [0.15, 0.2) is 24.3 Å². The molecule has 0 radical (unpaired) electrons. The Labute approximate surface area is 130 Å². The second-order valence-electron chi connectivity index (χ2n) is 5.39. The smallest absolute Gasteiger partial charge is 0.232 e. The molecule has 9 heteroatoms. The summed E-state index contributed by atoms with van der Waals surface area (Å²) in [7, 11) is -7.08. The summed E-state index contributed by atoms with van der Waals surface area (Å²) in [5.41, 5.74) is 0.246. The first-order valence-electron chi connectivity index (χ1n) is 6.99. The van der Waals surface area contributed by atoms with E-state index < -0.39 is 25.9 Å². The van der Waals surface area contributed by atoms with E-state index in [4.69, 9.17) is 0 Å². The molecule has 1 aromatic rings. The summed E-state index contributed by atoms with van der Waals surface area (Å²) in [6.45, 7) is 0.433. The molecule has 1 aliphatic carbocycles. The lowest BCUT2D eigenvalue weighted by atomic mass is 10.3. The molecule has 0 atom stereocenters. The topological polar surface area (TPSA) is 92.3 Å². The second kappa shape index (κ2) is 6.93. The Bertz CT molecular complexity index is 698. The molecule has 0 aromatic heterocycles. The van der Waals surface area contributed by atoms with Crippen molar-refractivity contribution in [3.05, 3.63) is 30.1 Å². The maximum absolute atomic E-state index is 12.7. The molecule has 1 aromatic carbocycles. The Kier molecular flexibility index (Phi) is 5.41. The maximum Gasteiger partial charge on any atom is 0.232 e. The molecule has 2 N–H and O–H groups in total. The summed E-state index contributed by atoms with van der Waals surface area (Å²) < 4.78 is 64.5. The van der Waals surface area contributed by atoms with E-state index in [1.807, 2.05) is 0 Å². The summed E-state index contributed by atoms with van der Waals surface area (Å²) in [4.78, 5) is 0. The van der Waals surface area contributed by atoms with Gasteiger partial charge in [0.25, 0.3) is 0 Å². The van der Waals surface area contributed by atoms with Gasteiger partial charge in [-0.1, -0.05) is 0 Å². The first-order valence-corrected chi connectivity index (χ1v) is 10.3. The zero-order valence-corrected chi connectivity index (χ0v) is 13.6. The maximum atomic E-state index is 12.7. The molecule has 1 aliphatic rings. The monoisotopic (exact) mass is 350 g/mol. The van der Waals surface area contributed by atoms with Crippen LogP contribution < -0.4 is 9.44 Å². The van der Waals surface area contributed by atoms with Crippen molar-refractivity contribution < 1.29 is 21.2 Å². The van der Waals surface area contributed by atoms with Gasteiger partial charge in [-0.05, 0) is 49.4 Å². The van der Waals surface area contributed by atoms with Crippen LogP contribution in [0.2, 0.25) is 0 Å². The highest BCUT2D eigenvalue weighted by atomic mass is 32.2. The van der Waals surface area contributed by atoms with Crippen molar-refractivity contribution in [1.82, 2.24) is 4.72 Å². The van der Waals surface area contributed by atoms with Crippen LogP contribution in [0.1, 0.15) is 19.3 Å². The number of benzene rings is 1. The standard InChI is InChI=1S/C13H19FN2O4S2/c14-12-4-6-13(7-5-12)16-22(19,20)9-1-8-21(17,18)15-10-11-2-3-11/h4-7,11,15-16H,1-3,8-10H2. The quantitative estimate of drug-likeness (QED) is 0.702. The fourth-order valence-corrected chi connectivity index (χ4v) is 4.29. The molecular formula is C13H19FN2O4S2. The van der Waals surface area contributed by atoms with E-state index in [9.17, 15) is 21.2 Å². The number of hydrogen-bond donors (Lipinski definition) is 2. The second-order valence-corrected chi connectivity index (χ2v) is 9.16. The van der Waals surface area contributed by atoms with E-state index in [0.717, 1.165) is 25.0 Å². The van der Waals surface area contributed by atoms with Crippen molar-refractivity contribution in [3.8, 4) is 0 Å². The first kappa shape index (κ1) is 17.2. The van der Waals surface area contributed by atoms with Crippen LogP contribution in [0.5, 0.6) is 0 Å². The van der Waals surface area contributed by atoms with Crippen LogP contribution >= 0.6 is 0 Å². The van der Waals surface area contributed by atoms with Crippen molar-refractivity contribution in [2.75, 3.05) is 22.8 Å². The zero-order chi connectivity index (χ0) is 16.2. The minimum Gasteiger partial charge on any atom is -0.284 e. The molecule has 0 unspecified atom stereocenters. The van der Waals surface area contributed by atoms with Crippen LogP contribution in [0.3, 0.4) is 0 Å². The van der Waals surface area contributed by atoms with E-state index in [0.29, 0.717) is 12.5 Å². The molecule has 1 fully saturated rings. The molecule has 124 valence electrons. The lowest BCUT2D eigenvalue weighted by molar-refractivity contribution is 0.575. The minimum absolute atomic E-state index is 0.00344. The van der Waals surface area contributed by atoms with E-state index >= 15 is 0 Å². The minimum atomic E-state index is -3.65. The van der Waals surface area contributed by atoms with E-state index in [1.54, 1.807) is 0 Å². The van der Waals surface area contributed by atoms with Crippen molar-refractivity contribution >= 4 is 25.7 Å². The van der Waals surface area contributed by atoms with Crippen molar-refractivity contribution in [2.45, 2.75) is 19.3 Å². The van der Waals surface area contributed by atoms with Crippen LogP contribution in [0.25, 0.3) is 0 Å². The van der Waals surface area contributed by atoms with Crippen molar-refractivity contribution in [1.29, 1.82) is 0 Å². The summed E-state index contributed by atoms with van der Waals surface area (Å²) in [6.07, 6.45) is 2.08. The molecule has 0 saturated heterocycles. The molecule has 0 heterocycles. The summed E-state index contributed by atoms with van der Waals surface area (Å²) in [5.74, 6) is -0.576. The predicted molar refractivity (Wildman–Crippen MR) is 82.9 cm³/mol. The largest absolute Gasteiger partial charge is 0.284 e. The van der Waals surface area contributed by atoms with Gasteiger partial charge in [0, 0.05) is 12.2 Å². The average molecular weight is 350 g/mol. The third-order valence-corrected chi connectivity index (χ3v) is 6.04. The number of anilines is 1. The fourth-order valence-electron chi connectivity index (χ4n) is 1.83. The molecule has 0 aliphatic heterocycles. The summed E-state index contributed by atoms with van der Waals surface area (Å²) in [5, 5.41) is 0. The summed E-state index contributed by atoms with van der Waals surface area (Å²) in [6, 6.07) is 4.90. The van der Waals surface area contributed by atoms with Crippen LogP contribution in [0, 0.1) is 11.7 Å². The SMILES string of the molecule is O=S(=O)(CCCS(=O)(=O)Nc1ccc(F)cc1)NCC1CC1. The Hall–Kier alpha value is -1.19. The van der Waals surface area contributed by atoms with E-state index in [-0.39, 0.29) is 23.6 Å². The average Bonchev–Trinajstić information content (AvgIpc) is 3.23. The number of halogens is 1. The highest BCUT2D eigenvalue weighted by Gasteiger charge is 2.23. The summed E-state index contributed by atoms with van der Waals surface area (Å²) >= 11 is 0. The lowest BCUT2D eigenvalue weighted by Gasteiger charge is -2.09. The van der Waals surface area contributed by atoms with Crippen LogP contribution in [-0.2, 0) is 20.0 Å². The van der Waals surface area contributed by atoms with Gasteiger partial charge in [0.1, 0.15) is 5.82 Å². The highest BCUT2D eigenvalue weighted by molar-refractivity contribution is 7.92. The Morgan fingerprint density at radius 1 is 1.00 bits per heavy atom. The molecule has 2 rings (SSSR count). The molecule has 6 nitrogen and oxygen atoms in total. The predicted octanol–water partition coefficient (Wildman–Crippen LogP) is 1.29. The fraction of sp³-hybridized carbons (Fsp3) is 0.538. The Morgan fingerprint density at radius 3 is 2.18 bits per heavy atom. The Morgan fingerprint density at radius 2 is 1.59 bits per heavy atom. The van der Waals surface area contributed by atoms with Gasteiger partial charge in [0.2, 0.25) is 20.0 Å². The zero-order valence-electron chi connectivity index (χ0n) is 12.0. The van der Waals surface area contributed by atoms with Crippen molar-refractivity contribution in [3.63, 3.8) is 0 Å². The van der Waals surface area contributed by atoms with Crippen LogP contribution in [-0.4, -0.2) is 34.9 Å². The molecule has 0 bridgehead atoms. The van der Waals surface area contributed by atoms with Gasteiger partial charge in [0.05, 0.1) is 11.5 Å². The lowest BCUT2D eigenvalue weighted by Crippen LogP contribution is -2.29. The first-order chi connectivity index (χ1) is 10.3. The third-order valence-electron chi connectivity index (χ3n) is 3.23. The number of hydrogen-bond acceptors (Lipinski definition) is 4. The van der Waals surface area contributed by atoms with E-state index in [1.165, 1.54) is 12.1 Å². The number of sulfonamides is 2. The van der Waals surface area contributed by atoms with Gasteiger partial charge in [-0.2, -0.15) is 0 Å². The third kappa shape index (κ3) is 6.29. The van der Waals surface area contributed by atoms with Crippen LogP contribution in [0.4, 0.5) is 10.1 Å². The molecule has 0 spiro atoms. The molecular weight excluding hydrogens is 331 g/mol. The van der Waals surface area contributed by atoms with Gasteiger partial charge < -0.3 is 0 Å². The van der Waals surface area contributed by atoms with Gasteiger partial charge in [-0.15, -0.1) is 0 Å². The number of rotatable bonds is 9. The van der Waals surface area contributed by atoms with Crippen molar-refractivity contribution in [2.24, 2.45) is 5.92 Å². The molecule has 22 heavy (non-hydrogen) atoms. The van der Waals surface area contributed by atoms with E-state index in [2.05, 4.69) is 9.44 Å².